The second-order valence-electron chi connectivity index (χ2n) is 7.38. The van der Waals surface area contributed by atoms with Crippen LogP contribution in [0.25, 0.3) is 27.9 Å². The Morgan fingerprint density at radius 3 is 2.67 bits per heavy atom. The number of nitrogens with zero attached hydrogens (tertiary/aromatic N) is 4. The van der Waals surface area contributed by atoms with Crippen molar-refractivity contribution >= 4 is 34.2 Å². The quantitative estimate of drug-likeness (QED) is 0.367. The Morgan fingerprint density at radius 1 is 1.00 bits per heavy atom. The Bertz CT molecular complexity index is 1440. The summed E-state index contributed by atoms with van der Waals surface area (Å²) >= 11 is 1.34. The third-order valence-corrected chi connectivity index (χ3v) is 6.13. The summed E-state index contributed by atoms with van der Waals surface area (Å²) in [5.74, 6) is 1.63. The first-order valence-corrected chi connectivity index (χ1v) is 11.4. The molecule has 0 fully saturated rings. The van der Waals surface area contributed by atoms with Crippen molar-refractivity contribution in [3.8, 4) is 17.1 Å². The number of ether oxygens (including phenoxy) is 1. The fraction of sp³-hybridized carbons (Fsp3) is 0.120. The van der Waals surface area contributed by atoms with Gasteiger partial charge in [0.1, 0.15) is 11.6 Å². The maximum atomic E-state index is 12.5. The molecule has 7 nitrogen and oxygen atoms in total. The lowest BCUT2D eigenvalue weighted by Crippen LogP contribution is -2.24. The number of para-hydroxylation sites is 1. The van der Waals surface area contributed by atoms with Crippen LogP contribution in [0.4, 0.5) is 0 Å². The molecule has 2 aromatic heterocycles. The number of rotatable bonds is 7. The summed E-state index contributed by atoms with van der Waals surface area (Å²) in [5.41, 5.74) is 3.50. The summed E-state index contributed by atoms with van der Waals surface area (Å²) in [6.45, 7) is 0.429. The van der Waals surface area contributed by atoms with Crippen LogP contribution in [0.2, 0.25) is 0 Å². The third kappa shape index (κ3) is 4.38. The van der Waals surface area contributed by atoms with E-state index in [4.69, 9.17) is 9.72 Å². The lowest BCUT2D eigenvalue weighted by molar-refractivity contribution is -0.118. The lowest BCUT2D eigenvalue weighted by atomic mass is 10.2. The summed E-state index contributed by atoms with van der Waals surface area (Å²) < 4.78 is 7.16. The standard InChI is InChI=1S/C25H21N5O2S/c1-32-19-11-7-8-17(14-19)15-26-22(31)16-33-25-29-28-24-20-12-5-6-13-21(20)27-23(30(24)25)18-9-3-2-4-10-18/h2-14H,15-16H2,1H3,(H,26,31). The van der Waals surface area contributed by atoms with Gasteiger partial charge in [0.05, 0.1) is 18.4 Å². The molecule has 1 N–H and O–H groups in total. The average molecular weight is 456 g/mol. The molecule has 0 unspecified atom stereocenters. The molecule has 0 radical (unpaired) electrons. The van der Waals surface area contributed by atoms with Crippen LogP contribution in [-0.4, -0.2) is 38.4 Å². The van der Waals surface area contributed by atoms with Gasteiger partial charge in [0.25, 0.3) is 0 Å². The zero-order valence-electron chi connectivity index (χ0n) is 17.9. The minimum Gasteiger partial charge on any atom is -0.497 e. The van der Waals surface area contributed by atoms with Gasteiger partial charge < -0.3 is 10.1 Å². The molecule has 0 aliphatic carbocycles. The highest BCUT2D eigenvalue weighted by atomic mass is 32.2. The van der Waals surface area contributed by atoms with Gasteiger partial charge in [-0.15, -0.1) is 10.2 Å². The number of fused-ring (bicyclic) bond motifs is 3. The van der Waals surface area contributed by atoms with Crippen LogP contribution >= 0.6 is 11.8 Å². The minimum atomic E-state index is -0.0884. The normalized spacial score (nSPS) is 11.1. The second kappa shape index (κ2) is 9.30. The van der Waals surface area contributed by atoms with Crippen LogP contribution in [0.15, 0.2) is 84.0 Å². The lowest BCUT2D eigenvalue weighted by Gasteiger charge is -2.10. The molecule has 5 aromatic rings. The summed E-state index contributed by atoms with van der Waals surface area (Å²) in [7, 11) is 1.62. The molecule has 0 atom stereocenters. The molecule has 1 amide bonds. The van der Waals surface area contributed by atoms with Gasteiger partial charge >= 0.3 is 0 Å². The third-order valence-electron chi connectivity index (χ3n) is 5.20. The molecular formula is C25H21N5O2S. The Morgan fingerprint density at radius 2 is 1.82 bits per heavy atom. The maximum absolute atomic E-state index is 12.5. The topological polar surface area (TPSA) is 81.4 Å². The number of carbonyl (C=O) groups excluding carboxylic acids is 1. The smallest absolute Gasteiger partial charge is 0.230 e. The number of benzene rings is 3. The number of methoxy groups -OCH3 is 1. The van der Waals surface area contributed by atoms with Gasteiger partial charge in [-0.2, -0.15) is 0 Å². The number of thioether (sulfide) groups is 1. The van der Waals surface area contributed by atoms with E-state index in [2.05, 4.69) is 15.5 Å². The van der Waals surface area contributed by atoms with Gasteiger partial charge in [0.15, 0.2) is 10.8 Å². The first-order chi connectivity index (χ1) is 16.2. The second-order valence-corrected chi connectivity index (χ2v) is 8.32. The maximum Gasteiger partial charge on any atom is 0.230 e. The average Bonchev–Trinajstić information content (AvgIpc) is 3.31. The SMILES string of the molecule is COc1cccc(CNC(=O)CSc2nnc3c4ccccc4nc(-c4ccccc4)n23)c1. The number of hydrogen-bond acceptors (Lipinski definition) is 6. The van der Waals surface area contributed by atoms with Gasteiger partial charge in [0.2, 0.25) is 5.91 Å². The van der Waals surface area contributed by atoms with Crippen molar-refractivity contribution in [1.82, 2.24) is 24.9 Å². The van der Waals surface area contributed by atoms with Gasteiger partial charge in [0, 0.05) is 17.5 Å². The van der Waals surface area contributed by atoms with E-state index in [-0.39, 0.29) is 11.7 Å². The number of amides is 1. The fourth-order valence-electron chi connectivity index (χ4n) is 3.60. The summed E-state index contributed by atoms with van der Waals surface area (Å²) in [5, 5.41) is 13.3. The van der Waals surface area contributed by atoms with Crippen molar-refractivity contribution in [2.75, 3.05) is 12.9 Å². The van der Waals surface area contributed by atoms with Crippen LogP contribution in [0.3, 0.4) is 0 Å². The van der Waals surface area contributed by atoms with E-state index < -0.39 is 0 Å². The minimum absolute atomic E-state index is 0.0884. The molecule has 0 spiro atoms. The molecule has 0 aliphatic rings. The highest BCUT2D eigenvalue weighted by Crippen LogP contribution is 2.28. The van der Waals surface area contributed by atoms with Crippen LogP contribution in [0.1, 0.15) is 5.56 Å². The fourth-order valence-corrected chi connectivity index (χ4v) is 4.36. The highest BCUT2D eigenvalue weighted by Gasteiger charge is 2.17. The Labute approximate surface area is 194 Å². The van der Waals surface area contributed by atoms with Gasteiger partial charge in [-0.3, -0.25) is 9.20 Å². The van der Waals surface area contributed by atoms with Gasteiger partial charge in [-0.1, -0.05) is 66.4 Å². The Hall–Kier alpha value is -3.91. The van der Waals surface area contributed by atoms with E-state index in [1.54, 1.807) is 7.11 Å². The van der Waals surface area contributed by atoms with E-state index in [9.17, 15) is 4.79 Å². The largest absolute Gasteiger partial charge is 0.497 e. The zero-order valence-corrected chi connectivity index (χ0v) is 18.7. The molecule has 0 saturated heterocycles. The van der Waals surface area contributed by atoms with E-state index in [1.165, 1.54) is 11.8 Å². The molecule has 5 rings (SSSR count). The molecule has 2 heterocycles. The molecule has 164 valence electrons. The first-order valence-electron chi connectivity index (χ1n) is 10.4. The van der Waals surface area contributed by atoms with Crippen molar-refractivity contribution in [2.45, 2.75) is 11.7 Å². The first kappa shape index (κ1) is 21.0. The summed E-state index contributed by atoms with van der Waals surface area (Å²) in [6.07, 6.45) is 0. The molecule has 33 heavy (non-hydrogen) atoms. The van der Waals surface area contributed by atoms with Crippen molar-refractivity contribution in [3.05, 3.63) is 84.4 Å². The van der Waals surface area contributed by atoms with E-state index >= 15 is 0 Å². The van der Waals surface area contributed by atoms with E-state index in [1.807, 2.05) is 83.3 Å². The number of nitrogens with one attached hydrogen (secondary N) is 1. The van der Waals surface area contributed by atoms with Crippen molar-refractivity contribution in [3.63, 3.8) is 0 Å². The van der Waals surface area contributed by atoms with Crippen LogP contribution < -0.4 is 10.1 Å². The van der Waals surface area contributed by atoms with Crippen molar-refractivity contribution < 1.29 is 9.53 Å². The summed E-state index contributed by atoms with van der Waals surface area (Å²) in [6, 6.07) is 25.4. The van der Waals surface area contributed by atoms with E-state index in [0.717, 1.165) is 39.3 Å². The van der Waals surface area contributed by atoms with Crippen LogP contribution in [-0.2, 0) is 11.3 Å². The molecule has 0 bridgehead atoms. The van der Waals surface area contributed by atoms with Gasteiger partial charge in [-0.25, -0.2) is 4.98 Å². The van der Waals surface area contributed by atoms with Crippen molar-refractivity contribution in [1.29, 1.82) is 0 Å². The predicted molar refractivity (Wildman–Crippen MR) is 129 cm³/mol. The molecule has 0 aliphatic heterocycles. The van der Waals surface area contributed by atoms with Crippen molar-refractivity contribution in [2.24, 2.45) is 0 Å². The number of aromatic nitrogens is 4. The summed E-state index contributed by atoms with van der Waals surface area (Å²) in [4.78, 5) is 17.4. The highest BCUT2D eigenvalue weighted by molar-refractivity contribution is 7.99. The zero-order chi connectivity index (χ0) is 22.6. The van der Waals surface area contributed by atoms with Crippen LogP contribution in [0.5, 0.6) is 5.75 Å². The van der Waals surface area contributed by atoms with E-state index in [0.29, 0.717) is 11.7 Å². The Balaban J connectivity index is 1.40. The van der Waals surface area contributed by atoms with Gasteiger partial charge in [-0.05, 0) is 29.8 Å². The van der Waals surface area contributed by atoms with Crippen LogP contribution in [0, 0.1) is 0 Å². The number of carbonyl (C=O) groups is 1. The molecule has 3 aromatic carbocycles. The molecular weight excluding hydrogens is 434 g/mol. The molecule has 0 saturated carbocycles. The Kier molecular flexibility index (Phi) is 5.91. The predicted octanol–water partition coefficient (Wildman–Crippen LogP) is 4.36. The monoisotopic (exact) mass is 455 g/mol. The molecule has 8 heteroatoms. The number of hydrogen-bond donors (Lipinski definition) is 1.